The fraction of sp³-hybridized carbons (Fsp3) is 0.900. The van der Waals surface area contributed by atoms with Gasteiger partial charge in [-0.2, -0.15) is 0 Å². The predicted octanol–water partition coefficient (Wildman–Crippen LogP) is 7.74. The van der Waals surface area contributed by atoms with Crippen LogP contribution in [-0.4, -0.2) is 16.5 Å². The maximum atomic E-state index is 12.8. The van der Waals surface area contributed by atoms with Crippen LogP contribution in [0.25, 0.3) is 0 Å². The van der Waals surface area contributed by atoms with Crippen molar-refractivity contribution in [2.45, 2.75) is 125 Å². The van der Waals surface area contributed by atoms with Gasteiger partial charge in [-0.3, -0.25) is 4.79 Å². The molecule has 182 valence electrons. The summed E-state index contributed by atoms with van der Waals surface area (Å²) in [6.07, 6.45) is 13.5. The third-order valence-electron chi connectivity index (χ3n) is 12.1. The van der Waals surface area contributed by atoms with Crippen LogP contribution >= 0.6 is 0 Å². The number of rotatable bonds is 4. The topological polar surface area (TPSA) is 37.3 Å². The van der Waals surface area contributed by atoms with Gasteiger partial charge in [0.25, 0.3) is 0 Å². The summed E-state index contributed by atoms with van der Waals surface area (Å²) in [5, 5.41) is 11.6. The Morgan fingerprint density at radius 1 is 0.969 bits per heavy atom. The Morgan fingerprint density at radius 2 is 1.62 bits per heavy atom. The van der Waals surface area contributed by atoms with E-state index in [0.717, 1.165) is 25.7 Å². The molecule has 0 saturated heterocycles. The van der Waals surface area contributed by atoms with Crippen LogP contribution < -0.4 is 0 Å². The highest BCUT2D eigenvalue weighted by atomic mass is 16.3. The van der Waals surface area contributed by atoms with E-state index in [1.54, 1.807) is 0 Å². The number of ketones is 1. The third-order valence-corrected chi connectivity index (χ3v) is 12.1. The largest absolute Gasteiger partial charge is 0.390 e. The van der Waals surface area contributed by atoms with Gasteiger partial charge < -0.3 is 5.11 Å². The van der Waals surface area contributed by atoms with Gasteiger partial charge in [0.2, 0.25) is 0 Å². The first kappa shape index (κ1) is 24.5. The van der Waals surface area contributed by atoms with Crippen molar-refractivity contribution in [3.8, 4) is 0 Å². The Hall–Kier alpha value is -0.630. The van der Waals surface area contributed by atoms with Crippen molar-refractivity contribution in [3.05, 3.63) is 11.6 Å². The van der Waals surface area contributed by atoms with E-state index in [1.807, 2.05) is 0 Å². The Balaban J connectivity index is 1.62. The molecular formula is C30H50O2. The van der Waals surface area contributed by atoms with Gasteiger partial charge in [-0.15, -0.1) is 0 Å². The molecule has 0 aromatic heterocycles. The molecule has 0 aromatic rings. The minimum absolute atomic E-state index is 0.168. The van der Waals surface area contributed by atoms with Gasteiger partial charge >= 0.3 is 0 Å². The molecule has 0 heterocycles. The van der Waals surface area contributed by atoms with Crippen LogP contribution in [-0.2, 0) is 4.79 Å². The fourth-order valence-corrected chi connectivity index (χ4v) is 10.1. The van der Waals surface area contributed by atoms with Crippen molar-refractivity contribution in [3.63, 3.8) is 0 Å². The SMILES string of the molecule is CC(C)=CCC[C@](C)(O)[C@@H]1CC[C@]2(C)[C@H]1CC[C@@H]1[C@@]3(C)CCC(=O)C(C)(C)[C@@H]3CC[C@]12C. The van der Waals surface area contributed by atoms with E-state index in [9.17, 15) is 9.90 Å². The second kappa shape index (κ2) is 7.69. The number of aliphatic hydroxyl groups is 1. The van der Waals surface area contributed by atoms with Gasteiger partial charge in [-0.05, 0) is 118 Å². The van der Waals surface area contributed by atoms with E-state index in [4.69, 9.17) is 0 Å². The number of fused-ring (bicyclic) bond motifs is 5. The number of hydrogen-bond donors (Lipinski definition) is 1. The van der Waals surface area contributed by atoms with E-state index in [0.29, 0.717) is 40.3 Å². The molecule has 4 aliphatic rings. The number of hydrogen-bond acceptors (Lipinski definition) is 2. The summed E-state index contributed by atoms with van der Waals surface area (Å²) in [5.74, 6) is 2.78. The monoisotopic (exact) mass is 442 g/mol. The minimum atomic E-state index is -0.572. The van der Waals surface area contributed by atoms with Crippen molar-refractivity contribution < 1.29 is 9.90 Å². The predicted molar refractivity (Wildman–Crippen MR) is 133 cm³/mol. The van der Waals surface area contributed by atoms with E-state index in [2.05, 4.69) is 61.5 Å². The molecule has 0 bridgehead atoms. The first-order chi connectivity index (χ1) is 14.7. The highest BCUT2D eigenvalue weighted by molar-refractivity contribution is 5.85. The highest BCUT2D eigenvalue weighted by Gasteiger charge is 2.69. The van der Waals surface area contributed by atoms with Crippen LogP contribution in [0.2, 0.25) is 0 Å². The molecule has 2 nitrogen and oxygen atoms in total. The second-order valence-electron chi connectivity index (χ2n) is 14.1. The van der Waals surface area contributed by atoms with Crippen molar-refractivity contribution in [1.82, 2.24) is 0 Å². The average molecular weight is 443 g/mol. The molecule has 0 spiro atoms. The lowest BCUT2D eigenvalue weighted by Crippen LogP contribution is -2.63. The zero-order valence-corrected chi connectivity index (χ0v) is 22.3. The number of Topliss-reactive ketones (excluding diaryl/α,β-unsaturated/α-hetero) is 1. The fourth-order valence-electron chi connectivity index (χ4n) is 10.1. The molecule has 0 aliphatic heterocycles. The summed E-state index contributed by atoms with van der Waals surface area (Å²) in [4.78, 5) is 12.8. The van der Waals surface area contributed by atoms with E-state index < -0.39 is 5.60 Å². The normalized spacial score (nSPS) is 47.1. The van der Waals surface area contributed by atoms with Crippen molar-refractivity contribution in [1.29, 1.82) is 0 Å². The molecule has 2 heteroatoms. The smallest absolute Gasteiger partial charge is 0.138 e. The Labute approximate surface area is 198 Å². The lowest BCUT2D eigenvalue weighted by atomic mass is 9.35. The van der Waals surface area contributed by atoms with Crippen LogP contribution in [0.5, 0.6) is 0 Å². The van der Waals surface area contributed by atoms with Gasteiger partial charge in [0.1, 0.15) is 5.78 Å². The lowest BCUT2D eigenvalue weighted by molar-refractivity contribution is -0.207. The molecular weight excluding hydrogens is 392 g/mol. The number of carbonyl (C=O) groups is 1. The zero-order chi connectivity index (χ0) is 23.7. The quantitative estimate of drug-likeness (QED) is 0.452. The molecule has 32 heavy (non-hydrogen) atoms. The van der Waals surface area contributed by atoms with E-state index >= 15 is 0 Å². The van der Waals surface area contributed by atoms with Crippen molar-refractivity contribution >= 4 is 5.78 Å². The number of allylic oxidation sites excluding steroid dienone is 2. The van der Waals surface area contributed by atoms with Gasteiger partial charge in [0.05, 0.1) is 5.60 Å². The standard InChI is InChI=1S/C30H50O2/c1-20(2)10-9-16-30(8,32)22-13-18-28(6)21(22)11-12-24-27(5)17-15-25(31)26(3,4)23(27)14-19-29(24,28)7/h10,21-24,32H,9,11-19H2,1-8H3/t21-,22+,23-,24+,27-,28+,29+,30-/m0/s1. The van der Waals surface area contributed by atoms with Crippen LogP contribution in [0.15, 0.2) is 11.6 Å². The summed E-state index contributed by atoms with van der Waals surface area (Å²) in [6, 6.07) is 0. The van der Waals surface area contributed by atoms with Crippen molar-refractivity contribution in [2.24, 2.45) is 45.3 Å². The second-order valence-corrected chi connectivity index (χ2v) is 14.1. The summed E-state index contributed by atoms with van der Waals surface area (Å²) >= 11 is 0. The summed E-state index contributed by atoms with van der Waals surface area (Å²) < 4.78 is 0. The summed E-state index contributed by atoms with van der Waals surface area (Å²) in [6.45, 7) is 18.7. The molecule has 0 unspecified atom stereocenters. The van der Waals surface area contributed by atoms with Gasteiger partial charge in [0, 0.05) is 11.8 Å². The van der Waals surface area contributed by atoms with Gasteiger partial charge in [-0.1, -0.05) is 46.3 Å². The van der Waals surface area contributed by atoms with Crippen LogP contribution in [0.1, 0.15) is 120 Å². The van der Waals surface area contributed by atoms with Crippen molar-refractivity contribution in [2.75, 3.05) is 0 Å². The minimum Gasteiger partial charge on any atom is -0.390 e. The molecule has 8 atom stereocenters. The van der Waals surface area contributed by atoms with Crippen LogP contribution in [0.4, 0.5) is 0 Å². The maximum Gasteiger partial charge on any atom is 0.138 e. The van der Waals surface area contributed by atoms with Crippen LogP contribution in [0, 0.1) is 45.3 Å². The molecule has 0 aromatic carbocycles. The van der Waals surface area contributed by atoms with Gasteiger partial charge in [-0.25, -0.2) is 0 Å². The molecule has 0 amide bonds. The summed E-state index contributed by atoms with van der Waals surface area (Å²) in [7, 11) is 0. The van der Waals surface area contributed by atoms with Gasteiger partial charge in [0.15, 0.2) is 0 Å². The first-order valence-electron chi connectivity index (χ1n) is 13.6. The highest BCUT2D eigenvalue weighted by Crippen LogP contribution is 2.75. The maximum absolute atomic E-state index is 12.8. The molecule has 1 N–H and O–H groups in total. The van der Waals surface area contributed by atoms with E-state index in [1.165, 1.54) is 44.1 Å². The van der Waals surface area contributed by atoms with E-state index in [-0.39, 0.29) is 10.8 Å². The molecule has 0 radical (unpaired) electrons. The molecule has 4 saturated carbocycles. The third kappa shape index (κ3) is 3.32. The molecule has 4 rings (SSSR count). The molecule has 4 fully saturated rings. The Bertz CT molecular complexity index is 787. The van der Waals surface area contributed by atoms with Crippen LogP contribution in [0.3, 0.4) is 0 Å². The Morgan fingerprint density at radius 3 is 2.28 bits per heavy atom. The summed E-state index contributed by atoms with van der Waals surface area (Å²) in [5.41, 5.74) is 1.52. The number of carbonyl (C=O) groups excluding carboxylic acids is 1. The lowest BCUT2D eigenvalue weighted by Gasteiger charge is -2.69. The average Bonchev–Trinajstić information content (AvgIpc) is 3.04. The Kier molecular flexibility index (Phi) is 5.89. The molecule has 4 aliphatic carbocycles. The zero-order valence-electron chi connectivity index (χ0n) is 22.3. The first-order valence-corrected chi connectivity index (χ1v) is 13.6.